The van der Waals surface area contributed by atoms with E-state index >= 15 is 0 Å². The molecule has 0 spiro atoms. The number of amides is 2. The largest absolute Gasteiger partial charge is 0.756 e. The SMILES string of the molecule is CCCCCCCCCCCCCC(=O)NCC(COP(=O)([O-])OCC[N+](C)(C)C)NC(=O)CCCCCCCCCCCCC. The predicted molar refractivity (Wildman–Crippen MR) is 190 cm³/mol. The molecule has 0 saturated heterocycles. The number of phosphoric acid groups is 1. The summed E-state index contributed by atoms with van der Waals surface area (Å²) in [6.45, 7) is 4.82. The molecule has 0 saturated carbocycles. The summed E-state index contributed by atoms with van der Waals surface area (Å²) in [6.07, 6.45) is 27.5. The number of hydrogen-bond donors (Lipinski definition) is 2. The summed E-state index contributed by atoms with van der Waals surface area (Å²) < 4.78 is 23.0. The Bertz CT molecular complexity index is 777. The third kappa shape index (κ3) is 32.9. The highest BCUT2D eigenvalue weighted by Crippen LogP contribution is 2.38. The first-order valence-corrected chi connectivity index (χ1v) is 20.4. The maximum absolute atomic E-state index is 12.7. The Hall–Kier alpha value is -0.990. The van der Waals surface area contributed by atoms with E-state index in [0.29, 0.717) is 23.9 Å². The van der Waals surface area contributed by atoms with Gasteiger partial charge < -0.3 is 29.1 Å². The van der Waals surface area contributed by atoms with E-state index in [1.165, 1.54) is 103 Å². The van der Waals surface area contributed by atoms with Crippen molar-refractivity contribution in [1.29, 1.82) is 0 Å². The van der Waals surface area contributed by atoms with Crippen LogP contribution in [0.3, 0.4) is 0 Å². The number of carbonyl (C=O) groups is 2. The summed E-state index contributed by atoms with van der Waals surface area (Å²) in [6, 6.07) is -0.661. The number of rotatable bonds is 34. The lowest BCUT2D eigenvalue weighted by Gasteiger charge is -2.28. The monoisotopic (exact) mass is 676 g/mol. The molecule has 274 valence electrons. The Balaban J connectivity index is 4.44. The van der Waals surface area contributed by atoms with Gasteiger partial charge in [-0.05, 0) is 12.8 Å². The zero-order valence-corrected chi connectivity index (χ0v) is 31.6. The fourth-order valence-corrected chi connectivity index (χ4v) is 6.06. The van der Waals surface area contributed by atoms with Gasteiger partial charge in [-0.3, -0.25) is 14.2 Å². The smallest absolute Gasteiger partial charge is 0.268 e. The van der Waals surface area contributed by atoms with Gasteiger partial charge in [0.2, 0.25) is 11.8 Å². The lowest BCUT2D eigenvalue weighted by molar-refractivity contribution is -0.870. The number of nitrogens with one attached hydrogen (secondary N) is 2. The lowest BCUT2D eigenvalue weighted by atomic mass is 10.1. The molecule has 9 nitrogen and oxygen atoms in total. The minimum absolute atomic E-state index is 0.00978. The summed E-state index contributed by atoms with van der Waals surface area (Å²) >= 11 is 0. The van der Waals surface area contributed by atoms with Crippen molar-refractivity contribution in [3.8, 4) is 0 Å². The zero-order chi connectivity index (χ0) is 34.4. The Morgan fingerprint density at radius 3 is 1.43 bits per heavy atom. The van der Waals surface area contributed by atoms with Crippen LogP contribution < -0.4 is 15.5 Å². The van der Waals surface area contributed by atoms with Crippen LogP contribution in [-0.2, 0) is 23.2 Å². The van der Waals surface area contributed by atoms with Gasteiger partial charge in [0.05, 0.1) is 33.8 Å². The van der Waals surface area contributed by atoms with Gasteiger partial charge in [0.1, 0.15) is 13.2 Å². The second-order valence-corrected chi connectivity index (χ2v) is 15.6. The summed E-state index contributed by atoms with van der Waals surface area (Å²) in [5.41, 5.74) is 0. The Labute approximate surface area is 283 Å². The van der Waals surface area contributed by atoms with Gasteiger partial charge in [-0.1, -0.05) is 142 Å². The van der Waals surface area contributed by atoms with Crippen LogP contribution in [-0.4, -0.2) is 69.8 Å². The Morgan fingerprint density at radius 2 is 1.02 bits per heavy atom. The molecular formula is C36H74N3O6P. The molecule has 0 aliphatic heterocycles. The molecule has 0 aromatic rings. The first-order valence-electron chi connectivity index (χ1n) is 19.0. The highest BCUT2D eigenvalue weighted by molar-refractivity contribution is 7.45. The average Bonchev–Trinajstić information content (AvgIpc) is 2.99. The fraction of sp³-hybridized carbons (Fsp3) is 0.944. The molecule has 0 radical (unpaired) electrons. The molecule has 0 aliphatic carbocycles. The molecule has 0 aliphatic rings. The summed E-state index contributed by atoms with van der Waals surface area (Å²) in [7, 11) is 1.30. The van der Waals surface area contributed by atoms with E-state index in [9.17, 15) is 19.0 Å². The van der Waals surface area contributed by atoms with Crippen LogP contribution in [0.25, 0.3) is 0 Å². The maximum atomic E-state index is 12.7. The van der Waals surface area contributed by atoms with E-state index in [0.717, 1.165) is 38.5 Å². The molecule has 0 heterocycles. The molecule has 0 bridgehead atoms. The van der Waals surface area contributed by atoms with Crippen LogP contribution in [0.4, 0.5) is 0 Å². The molecule has 0 aromatic heterocycles. The third-order valence-electron chi connectivity index (χ3n) is 8.37. The lowest BCUT2D eigenvalue weighted by Crippen LogP contribution is -2.46. The fourth-order valence-electron chi connectivity index (χ4n) is 5.32. The number of phosphoric ester groups is 1. The van der Waals surface area contributed by atoms with E-state index in [-0.39, 0.29) is 31.6 Å². The van der Waals surface area contributed by atoms with E-state index in [1.54, 1.807) is 0 Å². The minimum atomic E-state index is -4.54. The number of unbranched alkanes of at least 4 members (excludes halogenated alkanes) is 20. The van der Waals surface area contributed by atoms with E-state index in [2.05, 4.69) is 24.5 Å². The van der Waals surface area contributed by atoms with E-state index < -0.39 is 13.9 Å². The average molecular weight is 676 g/mol. The third-order valence-corrected chi connectivity index (χ3v) is 9.33. The van der Waals surface area contributed by atoms with Crippen molar-refractivity contribution in [2.24, 2.45) is 0 Å². The predicted octanol–water partition coefficient (Wildman–Crippen LogP) is 8.20. The molecule has 2 atom stereocenters. The van der Waals surface area contributed by atoms with E-state index in [1.807, 2.05) is 21.1 Å². The molecule has 2 N–H and O–H groups in total. The standard InChI is InChI=1S/C36H74N3O6P/c1-6-8-10-12-14-16-18-20-22-24-26-28-35(40)37-32-34(33-45-46(42,43)44-31-30-39(3,4)5)38-36(41)29-27-25-23-21-19-17-15-13-11-9-7-2/h34H,6-33H2,1-5H3,(H2-,37,38,40,41,42,43). The molecule has 0 aromatic carbocycles. The second-order valence-electron chi connectivity index (χ2n) is 14.2. The highest BCUT2D eigenvalue weighted by Gasteiger charge is 2.19. The van der Waals surface area contributed by atoms with Crippen LogP contribution in [0, 0.1) is 0 Å². The molecule has 0 fully saturated rings. The molecule has 10 heteroatoms. The first-order chi connectivity index (χ1) is 22.0. The van der Waals surface area contributed by atoms with Crippen LogP contribution in [0.15, 0.2) is 0 Å². The first kappa shape index (κ1) is 45.0. The quantitative estimate of drug-likeness (QED) is 0.0404. The zero-order valence-electron chi connectivity index (χ0n) is 30.7. The highest BCUT2D eigenvalue weighted by atomic mass is 31.2. The summed E-state index contributed by atoms with van der Waals surface area (Å²) in [5, 5.41) is 5.74. The Kier molecular flexibility index (Phi) is 29.4. The van der Waals surface area contributed by atoms with Gasteiger partial charge >= 0.3 is 0 Å². The molecule has 2 amide bonds. The number of carbonyl (C=O) groups excluding carboxylic acids is 2. The van der Waals surface area contributed by atoms with Gasteiger partial charge in [0.15, 0.2) is 0 Å². The van der Waals surface area contributed by atoms with Gasteiger partial charge in [-0.15, -0.1) is 0 Å². The summed E-state index contributed by atoms with van der Waals surface area (Å²) in [4.78, 5) is 37.5. The molecule has 0 rings (SSSR count). The van der Waals surface area contributed by atoms with Crippen LogP contribution in [0.1, 0.15) is 168 Å². The van der Waals surface area contributed by atoms with Gasteiger partial charge in [0, 0.05) is 19.4 Å². The number of quaternary nitrogens is 1. The van der Waals surface area contributed by atoms with Gasteiger partial charge in [-0.25, -0.2) is 0 Å². The minimum Gasteiger partial charge on any atom is -0.756 e. The van der Waals surface area contributed by atoms with Crippen molar-refractivity contribution in [1.82, 2.24) is 10.6 Å². The number of likely N-dealkylation sites (N-methyl/N-ethyl adjacent to an activating group) is 1. The van der Waals surface area contributed by atoms with Crippen molar-refractivity contribution in [2.45, 2.75) is 174 Å². The van der Waals surface area contributed by atoms with Crippen LogP contribution in [0.5, 0.6) is 0 Å². The van der Waals surface area contributed by atoms with Crippen molar-refractivity contribution < 1.29 is 32.6 Å². The van der Waals surface area contributed by atoms with Gasteiger partial charge in [-0.2, -0.15) is 0 Å². The van der Waals surface area contributed by atoms with Crippen LogP contribution in [0.2, 0.25) is 0 Å². The second kappa shape index (κ2) is 30.1. The Morgan fingerprint density at radius 1 is 0.630 bits per heavy atom. The number of hydrogen-bond acceptors (Lipinski definition) is 6. The van der Waals surface area contributed by atoms with E-state index in [4.69, 9.17) is 9.05 Å². The van der Waals surface area contributed by atoms with Crippen molar-refractivity contribution >= 4 is 19.6 Å². The van der Waals surface area contributed by atoms with Crippen molar-refractivity contribution in [3.63, 3.8) is 0 Å². The maximum Gasteiger partial charge on any atom is 0.268 e. The molecular weight excluding hydrogens is 601 g/mol. The number of nitrogens with zero attached hydrogens (tertiary/aromatic N) is 1. The van der Waals surface area contributed by atoms with Crippen molar-refractivity contribution in [3.05, 3.63) is 0 Å². The summed E-state index contributed by atoms with van der Waals surface area (Å²) in [5.74, 6) is -0.249. The molecule has 2 unspecified atom stereocenters. The normalized spacial score (nSPS) is 13.8. The molecule has 46 heavy (non-hydrogen) atoms. The van der Waals surface area contributed by atoms with Crippen molar-refractivity contribution in [2.75, 3.05) is 47.4 Å². The van der Waals surface area contributed by atoms with Gasteiger partial charge in [0.25, 0.3) is 7.82 Å². The van der Waals surface area contributed by atoms with Crippen LogP contribution >= 0.6 is 7.82 Å². The topological polar surface area (TPSA) is 117 Å².